The number of carbonyl (C=O) groups is 1. The van der Waals surface area contributed by atoms with Gasteiger partial charge in [-0.3, -0.25) is 0 Å². The van der Waals surface area contributed by atoms with Gasteiger partial charge in [-0.15, -0.1) is 0 Å². The van der Waals surface area contributed by atoms with E-state index in [0.717, 1.165) is 12.0 Å². The number of aryl methyl sites for hydroxylation is 1. The van der Waals surface area contributed by atoms with Gasteiger partial charge in [0.2, 0.25) is 0 Å². The quantitative estimate of drug-likeness (QED) is 0.383. The van der Waals surface area contributed by atoms with Crippen LogP contribution >= 0.6 is 0 Å². The molecule has 1 aromatic carbocycles. The first kappa shape index (κ1) is 23.7. The van der Waals surface area contributed by atoms with Crippen LogP contribution in [0.1, 0.15) is 88.7 Å². The molecule has 0 bridgehead atoms. The Bertz CT molecular complexity index is 414. The summed E-state index contributed by atoms with van der Waals surface area (Å²) in [5, 5.41) is 10.5. The first-order valence-electron chi connectivity index (χ1n) is 9.50. The van der Waals surface area contributed by atoms with Gasteiger partial charge in [-0.2, -0.15) is 0 Å². The Morgan fingerprint density at radius 2 is 1.17 bits per heavy atom. The fourth-order valence-electron chi connectivity index (χ4n) is 2.98. The molecule has 0 spiro atoms. The molecule has 24 heavy (non-hydrogen) atoms. The van der Waals surface area contributed by atoms with Crippen molar-refractivity contribution in [2.75, 3.05) is 0 Å². The van der Waals surface area contributed by atoms with Crippen LogP contribution < -0.4 is 34.7 Å². The fraction of sp³-hybridized carbons (Fsp3) is 0.667. The third-order valence-corrected chi connectivity index (χ3v) is 4.44. The molecule has 2 nitrogen and oxygen atoms in total. The van der Waals surface area contributed by atoms with Gasteiger partial charge < -0.3 is 9.90 Å². The molecular formula is C21H33NaO2. The van der Waals surface area contributed by atoms with Crippen LogP contribution in [0.3, 0.4) is 0 Å². The maximum atomic E-state index is 10.5. The minimum Gasteiger partial charge on any atom is -0.550 e. The van der Waals surface area contributed by atoms with Gasteiger partial charge in [-0.25, -0.2) is 0 Å². The van der Waals surface area contributed by atoms with Crippen molar-refractivity contribution in [3.8, 4) is 0 Å². The average Bonchev–Trinajstić information content (AvgIpc) is 2.53. The number of carboxylic acid groups (broad SMARTS) is 1. The molecular weight excluding hydrogens is 307 g/mol. The summed E-state index contributed by atoms with van der Waals surface area (Å²) in [4.78, 5) is 10.5. The topological polar surface area (TPSA) is 40.1 Å². The van der Waals surface area contributed by atoms with Crippen LogP contribution in [0, 0.1) is 0 Å². The van der Waals surface area contributed by atoms with Gasteiger partial charge in [0, 0.05) is 12.4 Å². The van der Waals surface area contributed by atoms with Crippen molar-refractivity contribution in [3.05, 3.63) is 35.4 Å². The molecule has 0 N–H and O–H groups in total. The molecule has 0 unspecified atom stereocenters. The predicted octanol–water partition coefficient (Wildman–Crippen LogP) is 1.84. The van der Waals surface area contributed by atoms with Crippen molar-refractivity contribution in [3.63, 3.8) is 0 Å². The second kappa shape index (κ2) is 16.2. The van der Waals surface area contributed by atoms with E-state index in [1.807, 2.05) is 12.1 Å². The predicted molar refractivity (Wildman–Crippen MR) is 95.3 cm³/mol. The van der Waals surface area contributed by atoms with Crippen molar-refractivity contribution in [2.45, 2.75) is 90.4 Å². The molecule has 0 saturated carbocycles. The van der Waals surface area contributed by atoms with E-state index in [1.54, 1.807) is 0 Å². The Morgan fingerprint density at radius 3 is 1.62 bits per heavy atom. The van der Waals surface area contributed by atoms with E-state index in [9.17, 15) is 9.90 Å². The summed E-state index contributed by atoms with van der Waals surface area (Å²) in [5.74, 6) is -1.01. The third-order valence-electron chi connectivity index (χ3n) is 4.44. The van der Waals surface area contributed by atoms with E-state index in [1.165, 1.54) is 76.2 Å². The molecule has 0 heterocycles. The van der Waals surface area contributed by atoms with Gasteiger partial charge in [0.05, 0.1) is 0 Å². The normalized spacial score (nSPS) is 10.4. The molecule has 0 aliphatic carbocycles. The van der Waals surface area contributed by atoms with Crippen LogP contribution in [-0.4, -0.2) is 5.97 Å². The number of aliphatic carboxylic acids is 1. The van der Waals surface area contributed by atoms with E-state index < -0.39 is 5.97 Å². The standard InChI is InChI=1S/C21H34O2.Na/c1-2-3-4-5-6-7-8-9-10-11-12-13-19-14-16-20(17-15-19)18-21(22)23;/h14-17H,2-13,18H2,1H3,(H,22,23);/q;+1/p-1. The van der Waals surface area contributed by atoms with Crippen LogP contribution in [0.15, 0.2) is 24.3 Å². The summed E-state index contributed by atoms with van der Waals surface area (Å²) in [5.41, 5.74) is 2.13. The van der Waals surface area contributed by atoms with Crippen LogP contribution in [-0.2, 0) is 17.6 Å². The first-order valence-corrected chi connectivity index (χ1v) is 9.50. The second-order valence-corrected chi connectivity index (χ2v) is 6.65. The molecule has 0 aliphatic rings. The number of hydrogen-bond acceptors (Lipinski definition) is 2. The Balaban J connectivity index is 0.00000529. The number of hydrogen-bond donors (Lipinski definition) is 0. The summed E-state index contributed by atoms with van der Waals surface area (Å²) in [7, 11) is 0. The van der Waals surface area contributed by atoms with Crippen molar-refractivity contribution in [1.29, 1.82) is 0 Å². The van der Waals surface area contributed by atoms with E-state index >= 15 is 0 Å². The van der Waals surface area contributed by atoms with E-state index in [0.29, 0.717) is 0 Å². The van der Waals surface area contributed by atoms with E-state index in [2.05, 4.69) is 19.1 Å². The maximum absolute atomic E-state index is 10.5. The minimum atomic E-state index is -1.01. The van der Waals surface area contributed by atoms with Gasteiger partial charge in [0.25, 0.3) is 0 Å². The fourth-order valence-corrected chi connectivity index (χ4v) is 2.98. The maximum Gasteiger partial charge on any atom is 1.00 e. The Hall–Kier alpha value is -0.310. The number of unbranched alkanes of at least 4 members (excludes halogenated alkanes) is 10. The molecule has 0 saturated heterocycles. The molecule has 0 aliphatic heterocycles. The number of rotatable bonds is 14. The van der Waals surface area contributed by atoms with Crippen molar-refractivity contribution in [2.24, 2.45) is 0 Å². The zero-order chi connectivity index (χ0) is 16.8. The van der Waals surface area contributed by atoms with Crippen molar-refractivity contribution < 1.29 is 39.5 Å². The number of benzene rings is 1. The number of carbonyl (C=O) groups excluding carboxylic acids is 1. The van der Waals surface area contributed by atoms with Gasteiger partial charge in [0.1, 0.15) is 0 Å². The summed E-state index contributed by atoms with van der Waals surface area (Å²) in [6.07, 6.45) is 16.1. The Kier molecular flexibility index (Phi) is 16.0. The SMILES string of the molecule is CCCCCCCCCCCCCc1ccc(CC(=O)[O-])cc1.[Na+]. The summed E-state index contributed by atoms with van der Waals surface area (Å²) >= 11 is 0. The van der Waals surface area contributed by atoms with Gasteiger partial charge in [-0.1, -0.05) is 95.4 Å². The average molecular weight is 340 g/mol. The van der Waals surface area contributed by atoms with E-state index in [-0.39, 0.29) is 36.0 Å². The molecule has 0 fully saturated rings. The largest absolute Gasteiger partial charge is 1.00 e. The van der Waals surface area contributed by atoms with Gasteiger partial charge in [0.15, 0.2) is 0 Å². The van der Waals surface area contributed by atoms with Crippen LogP contribution in [0.4, 0.5) is 0 Å². The number of carboxylic acids is 1. The van der Waals surface area contributed by atoms with Crippen LogP contribution in [0.5, 0.6) is 0 Å². The smallest absolute Gasteiger partial charge is 0.550 e. The molecule has 130 valence electrons. The van der Waals surface area contributed by atoms with E-state index in [4.69, 9.17) is 0 Å². The van der Waals surface area contributed by atoms with Gasteiger partial charge >= 0.3 is 29.6 Å². The molecule has 1 rings (SSSR count). The second-order valence-electron chi connectivity index (χ2n) is 6.65. The molecule has 0 atom stereocenters. The minimum absolute atomic E-state index is 0. The van der Waals surface area contributed by atoms with Crippen molar-refractivity contribution >= 4 is 5.97 Å². The van der Waals surface area contributed by atoms with Crippen LogP contribution in [0.25, 0.3) is 0 Å². The summed E-state index contributed by atoms with van der Waals surface area (Å²) in [6, 6.07) is 7.91. The Labute approximate surface area is 170 Å². The summed E-state index contributed by atoms with van der Waals surface area (Å²) in [6.45, 7) is 2.27. The first-order chi connectivity index (χ1) is 11.2. The van der Waals surface area contributed by atoms with Gasteiger partial charge in [-0.05, 0) is 24.0 Å². The Morgan fingerprint density at radius 1 is 0.750 bits per heavy atom. The molecule has 0 amide bonds. The molecule has 1 aromatic rings. The molecule has 3 heteroatoms. The van der Waals surface area contributed by atoms with Crippen LogP contribution in [0.2, 0.25) is 0 Å². The third kappa shape index (κ3) is 13.0. The zero-order valence-electron chi connectivity index (χ0n) is 15.8. The zero-order valence-corrected chi connectivity index (χ0v) is 17.8. The molecule has 0 aromatic heterocycles. The molecule has 0 radical (unpaired) electrons. The summed E-state index contributed by atoms with van der Waals surface area (Å²) < 4.78 is 0. The van der Waals surface area contributed by atoms with Crippen molar-refractivity contribution in [1.82, 2.24) is 0 Å². The monoisotopic (exact) mass is 340 g/mol.